The smallest absolute Gasteiger partial charge is 0.230 e. The molecule has 2 aromatic carbocycles. The number of hydrogen-bond acceptors (Lipinski definition) is 6. The minimum atomic E-state index is -0.142. The van der Waals surface area contributed by atoms with Crippen molar-refractivity contribution in [2.24, 2.45) is 0 Å². The molecule has 7 nitrogen and oxygen atoms in total. The van der Waals surface area contributed by atoms with Crippen LogP contribution in [0.4, 0.5) is 0 Å². The van der Waals surface area contributed by atoms with Crippen molar-refractivity contribution in [3.8, 4) is 17.1 Å². The number of aromatic nitrogens is 3. The summed E-state index contributed by atoms with van der Waals surface area (Å²) in [6.45, 7) is 3.37. The first-order valence-corrected chi connectivity index (χ1v) is 12.3. The third kappa shape index (κ3) is 6.07. The van der Waals surface area contributed by atoms with Crippen molar-refractivity contribution in [2.45, 2.75) is 43.6 Å². The van der Waals surface area contributed by atoms with Crippen LogP contribution in [-0.2, 0) is 16.1 Å². The Labute approximate surface area is 202 Å². The lowest BCUT2D eigenvalue weighted by Crippen LogP contribution is -2.28. The fourth-order valence-corrected chi connectivity index (χ4v) is 4.74. The lowest BCUT2D eigenvalue weighted by Gasteiger charge is -2.16. The zero-order valence-electron chi connectivity index (χ0n) is 18.7. The number of halogens is 1. The quantitative estimate of drug-likeness (QED) is 0.439. The molecule has 1 saturated heterocycles. The maximum atomic E-state index is 12.6. The fraction of sp³-hybridized carbons (Fsp3) is 0.375. The third-order valence-corrected chi connectivity index (χ3v) is 6.74. The van der Waals surface area contributed by atoms with E-state index in [4.69, 9.17) is 21.1 Å². The van der Waals surface area contributed by atoms with Gasteiger partial charge in [0.25, 0.3) is 0 Å². The number of amides is 1. The summed E-state index contributed by atoms with van der Waals surface area (Å²) in [5.74, 6) is 1.69. The van der Waals surface area contributed by atoms with E-state index in [1.165, 1.54) is 11.8 Å². The van der Waals surface area contributed by atoms with E-state index in [9.17, 15) is 4.79 Å². The van der Waals surface area contributed by atoms with Crippen molar-refractivity contribution in [1.82, 2.24) is 20.1 Å². The van der Waals surface area contributed by atoms with Crippen LogP contribution in [0.15, 0.2) is 53.7 Å². The molecule has 174 valence electrons. The Hall–Kier alpha value is -2.55. The summed E-state index contributed by atoms with van der Waals surface area (Å²) >= 11 is 7.44. The molecule has 33 heavy (non-hydrogen) atoms. The van der Waals surface area contributed by atoms with E-state index in [1.807, 2.05) is 55.5 Å². The molecule has 0 aliphatic carbocycles. The second-order valence-electron chi connectivity index (χ2n) is 7.91. The maximum Gasteiger partial charge on any atom is 0.230 e. The normalized spacial score (nSPS) is 16.5. The predicted octanol–water partition coefficient (Wildman–Crippen LogP) is 4.76. The molecule has 0 bridgehead atoms. The molecule has 1 amide bonds. The molecule has 3 aromatic rings. The standard InChI is InChI=1S/C24H27ClN4O3S/c1-16(18-5-3-6-19(25)13-18)26-22(30)15-33-24-28-27-23(17-8-10-20(31-2)11-9-17)29(24)14-21-7-4-12-32-21/h3,5-6,8-11,13,16,21H,4,7,12,14-15H2,1-2H3,(H,26,30). The number of benzene rings is 2. The number of carbonyl (C=O) groups excluding carboxylic acids is 1. The van der Waals surface area contributed by atoms with E-state index in [-0.39, 0.29) is 23.8 Å². The first kappa shape index (κ1) is 23.6. The molecule has 2 heterocycles. The van der Waals surface area contributed by atoms with Crippen LogP contribution in [0.5, 0.6) is 5.75 Å². The van der Waals surface area contributed by atoms with Gasteiger partial charge in [0.15, 0.2) is 11.0 Å². The highest BCUT2D eigenvalue weighted by Crippen LogP contribution is 2.28. The van der Waals surface area contributed by atoms with Crippen molar-refractivity contribution in [1.29, 1.82) is 0 Å². The fourth-order valence-electron chi connectivity index (χ4n) is 3.78. The maximum absolute atomic E-state index is 12.6. The summed E-state index contributed by atoms with van der Waals surface area (Å²) < 4.78 is 13.2. The molecule has 1 aromatic heterocycles. The molecule has 0 radical (unpaired) electrons. The minimum Gasteiger partial charge on any atom is -0.497 e. The van der Waals surface area contributed by atoms with Crippen LogP contribution >= 0.6 is 23.4 Å². The van der Waals surface area contributed by atoms with Crippen LogP contribution < -0.4 is 10.1 Å². The van der Waals surface area contributed by atoms with E-state index < -0.39 is 0 Å². The Kier molecular flexibility index (Phi) is 7.90. The van der Waals surface area contributed by atoms with Crippen LogP contribution in [-0.4, -0.2) is 46.2 Å². The summed E-state index contributed by atoms with van der Waals surface area (Å²) in [6.07, 6.45) is 2.17. The Balaban J connectivity index is 1.46. The van der Waals surface area contributed by atoms with E-state index in [0.29, 0.717) is 16.7 Å². The van der Waals surface area contributed by atoms with Gasteiger partial charge in [-0.1, -0.05) is 35.5 Å². The van der Waals surface area contributed by atoms with Crippen molar-refractivity contribution in [3.63, 3.8) is 0 Å². The number of nitrogens with one attached hydrogen (secondary N) is 1. The Morgan fingerprint density at radius 2 is 2.12 bits per heavy atom. The van der Waals surface area contributed by atoms with E-state index in [1.54, 1.807) is 7.11 Å². The lowest BCUT2D eigenvalue weighted by molar-refractivity contribution is -0.119. The first-order valence-electron chi connectivity index (χ1n) is 10.9. The second-order valence-corrected chi connectivity index (χ2v) is 9.29. The molecular formula is C24H27ClN4O3S. The van der Waals surface area contributed by atoms with Gasteiger partial charge in [0.1, 0.15) is 5.75 Å². The molecule has 2 atom stereocenters. The molecule has 1 fully saturated rings. The number of ether oxygens (including phenoxy) is 2. The van der Waals surface area contributed by atoms with E-state index in [0.717, 1.165) is 42.1 Å². The zero-order valence-corrected chi connectivity index (χ0v) is 20.2. The average Bonchev–Trinajstić information content (AvgIpc) is 3.48. The molecule has 1 aliphatic heterocycles. The average molecular weight is 487 g/mol. The zero-order chi connectivity index (χ0) is 23.2. The van der Waals surface area contributed by atoms with Crippen molar-refractivity contribution in [2.75, 3.05) is 19.5 Å². The first-order chi connectivity index (χ1) is 16.0. The summed E-state index contributed by atoms with van der Waals surface area (Å²) in [5, 5.41) is 13.2. The van der Waals surface area contributed by atoms with Gasteiger partial charge in [-0.3, -0.25) is 9.36 Å². The van der Waals surface area contributed by atoms with Gasteiger partial charge in [0.05, 0.1) is 31.6 Å². The second kappa shape index (κ2) is 11.0. The molecule has 0 saturated carbocycles. The summed E-state index contributed by atoms with van der Waals surface area (Å²) in [5.41, 5.74) is 1.90. The molecule has 4 rings (SSSR count). The monoisotopic (exact) mass is 486 g/mol. The van der Waals surface area contributed by atoms with Crippen LogP contribution in [0.2, 0.25) is 5.02 Å². The third-order valence-electron chi connectivity index (χ3n) is 5.53. The van der Waals surface area contributed by atoms with Gasteiger partial charge in [-0.05, 0) is 61.7 Å². The minimum absolute atomic E-state index is 0.0786. The Morgan fingerprint density at radius 1 is 1.30 bits per heavy atom. The van der Waals surface area contributed by atoms with Gasteiger partial charge in [0.2, 0.25) is 5.91 Å². The van der Waals surface area contributed by atoms with Gasteiger partial charge in [-0.2, -0.15) is 0 Å². The van der Waals surface area contributed by atoms with E-state index >= 15 is 0 Å². The summed E-state index contributed by atoms with van der Waals surface area (Å²) in [4.78, 5) is 12.6. The predicted molar refractivity (Wildman–Crippen MR) is 130 cm³/mol. The van der Waals surface area contributed by atoms with Gasteiger partial charge < -0.3 is 14.8 Å². The van der Waals surface area contributed by atoms with Gasteiger partial charge in [-0.15, -0.1) is 10.2 Å². The number of thioether (sulfide) groups is 1. The lowest BCUT2D eigenvalue weighted by atomic mass is 10.1. The number of nitrogens with zero attached hydrogens (tertiary/aromatic N) is 3. The van der Waals surface area contributed by atoms with Crippen LogP contribution in [0.1, 0.15) is 31.4 Å². The van der Waals surface area contributed by atoms with Crippen molar-refractivity contribution >= 4 is 29.3 Å². The van der Waals surface area contributed by atoms with Crippen molar-refractivity contribution in [3.05, 3.63) is 59.1 Å². The SMILES string of the molecule is COc1ccc(-c2nnc(SCC(=O)NC(C)c3cccc(Cl)c3)n2CC2CCCO2)cc1. The van der Waals surface area contributed by atoms with Crippen LogP contribution in [0.3, 0.4) is 0 Å². The highest BCUT2D eigenvalue weighted by molar-refractivity contribution is 7.99. The highest BCUT2D eigenvalue weighted by Gasteiger charge is 2.22. The number of methoxy groups -OCH3 is 1. The number of rotatable bonds is 9. The van der Waals surface area contributed by atoms with Crippen LogP contribution in [0, 0.1) is 0 Å². The summed E-state index contributed by atoms with van der Waals surface area (Å²) in [7, 11) is 1.64. The molecule has 9 heteroatoms. The molecule has 1 N–H and O–H groups in total. The largest absolute Gasteiger partial charge is 0.497 e. The topological polar surface area (TPSA) is 78.3 Å². The number of carbonyl (C=O) groups is 1. The highest BCUT2D eigenvalue weighted by atomic mass is 35.5. The van der Waals surface area contributed by atoms with Crippen molar-refractivity contribution < 1.29 is 14.3 Å². The molecule has 0 spiro atoms. The van der Waals surface area contributed by atoms with Gasteiger partial charge >= 0.3 is 0 Å². The van der Waals surface area contributed by atoms with Gasteiger partial charge in [0, 0.05) is 17.2 Å². The Morgan fingerprint density at radius 3 is 2.82 bits per heavy atom. The molecule has 1 aliphatic rings. The van der Waals surface area contributed by atoms with E-state index in [2.05, 4.69) is 20.1 Å². The van der Waals surface area contributed by atoms with Crippen LogP contribution in [0.25, 0.3) is 11.4 Å². The molecular weight excluding hydrogens is 460 g/mol. The number of hydrogen-bond donors (Lipinski definition) is 1. The van der Waals surface area contributed by atoms with Gasteiger partial charge in [-0.25, -0.2) is 0 Å². The Bertz CT molecular complexity index is 1080. The summed E-state index contributed by atoms with van der Waals surface area (Å²) in [6, 6.07) is 15.1. The molecule has 2 unspecified atom stereocenters.